The number of rotatable bonds is 3. The fourth-order valence-electron chi connectivity index (χ4n) is 11.0. The highest BCUT2D eigenvalue weighted by Gasteiger charge is 2.52. The molecular formula is C52H49BN2O2Si. The van der Waals surface area contributed by atoms with Crippen LogP contribution in [-0.4, -0.2) is 14.9 Å². The maximum atomic E-state index is 6.76. The van der Waals surface area contributed by atoms with Gasteiger partial charge in [0.05, 0.1) is 0 Å². The molecule has 0 atom stereocenters. The molecular weight excluding hydrogens is 723 g/mol. The van der Waals surface area contributed by atoms with Gasteiger partial charge < -0.3 is 19.2 Å². The van der Waals surface area contributed by atoms with Gasteiger partial charge in [-0.25, -0.2) is 0 Å². The average molecular weight is 773 g/mol. The standard InChI is InChI=1S/C52H49BN2O2Si/c1-10-17-33-32(11-2)27-41-49-48(33)34-18-16-23-47-50(34)55(38-19-12-15-22-46(38)58(47,8)9)53(49)37-29-44-45(57-43-21-14-13-20-42(43)56-44)30-40(37)54(41)39-28-36-35(26-31(39)3)51(4,5)24-25-52(36,6)7/h10-23,26-30H,2,24-25H2,1,3-9H3/b17-10-. The molecule has 0 saturated heterocycles. The molecule has 58 heavy (non-hydrogen) atoms. The molecule has 286 valence electrons. The summed E-state index contributed by atoms with van der Waals surface area (Å²) in [5, 5.41) is 2.93. The molecule has 0 bridgehead atoms. The second kappa shape index (κ2) is 11.9. The molecule has 0 aromatic heterocycles. The summed E-state index contributed by atoms with van der Waals surface area (Å²) in [7, 11) is -2.11. The predicted octanol–water partition coefficient (Wildman–Crippen LogP) is 11.8. The lowest BCUT2D eigenvalue weighted by Gasteiger charge is -2.51. The second-order valence-electron chi connectivity index (χ2n) is 18.8. The number of hydrogen-bond donors (Lipinski definition) is 0. The van der Waals surface area contributed by atoms with Gasteiger partial charge in [0, 0.05) is 40.1 Å². The lowest BCUT2D eigenvalue weighted by atomic mass is 9.43. The quantitative estimate of drug-likeness (QED) is 0.167. The number of nitrogens with zero attached hydrogens (tertiary/aromatic N) is 2. The summed E-state index contributed by atoms with van der Waals surface area (Å²) in [6, 6.07) is 36.2. The van der Waals surface area contributed by atoms with E-state index in [0.29, 0.717) is 0 Å². The third kappa shape index (κ3) is 4.64. The molecule has 0 unspecified atom stereocenters. The van der Waals surface area contributed by atoms with E-state index in [2.05, 4.69) is 162 Å². The molecule has 0 amide bonds. The number of anilines is 5. The van der Waals surface area contributed by atoms with E-state index in [1.165, 1.54) is 83.9 Å². The van der Waals surface area contributed by atoms with Gasteiger partial charge in [0.1, 0.15) is 8.07 Å². The molecule has 0 saturated carbocycles. The Morgan fingerprint density at radius 3 is 2.07 bits per heavy atom. The summed E-state index contributed by atoms with van der Waals surface area (Å²) in [5.41, 5.74) is 17.8. The molecule has 6 aromatic carbocycles. The topological polar surface area (TPSA) is 24.9 Å². The minimum Gasteiger partial charge on any atom is -0.450 e. The Balaban J connectivity index is 1.30. The van der Waals surface area contributed by atoms with Crippen LogP contribution in [0.5, 0.6) is 23.0 Å². The molecule has 6 aromatic rings. The van der Waals surface area contributed by atoms with Crippen LogP contribution < -0.4 is 40.5 Å². The van der Waals surface area contributed by atoms with Crippen LogP contribution in [0.2, 0.25) is 13.1 Å². The van der Waals surface area contributed by atoms with E-state index < -0.39 is 8.07 Å². The van der Waals surface area contributed by atoms with E-state index in [0.717, 1.165) is 40.7 Å². The maximum Gasteiger partial charge on any atom is 0.333 e. The number of allylic oxidation sites excluding steroid dienone is 1. The first-order chi connectivity index (χ1) is 27.8. The van der Waals surface area contributed by atoms with Crippen LogP contribution in [0.3, 0.4) is 0 Å². The Labute approximate surface area is 344 Å². The molecule has 6 heteroatoms. The summed E-state index contributed by atoms with van der Waals surface area (Å²) in [6.07, 6.45) is 8.85. The van der Waals surface area contributed by atoms with Gasteiger partial charge in [-0.05, 0) is 129 Å². The molecule has 5 aliphatic rings. The van der Waals surface area contributed by atoms with Crippen molar-refractivity contribution in [2.24, 2.45) is 0 Å². The SMILES string of the molecule is C=Cc1cc2c3c(c1/C=C\C)-c1cccc4c1N(B3c1cc3c(cc1N2c1cc2c(cc1C)C(C)(C)CCC2(C)C)Oc1ccccc1O3)c1ccccc1[Si]4(C)C. The zero-order valence-corrected chi connectivity index (χ0v) is 35.9. The average Bonchev–Trinajstić information content (AvgIpc) is 3.21. The van der Waals surface area contributed by atoms with Gasteiger partial charge in [-0.2, -0.15) is 0 Å². The van der Waals surface area contributed by atoms with Gasteiger partial charge in [0.25, 0.3) is 0 Å². The minimum absolute atomic E-state index is 0.0377. The van der Waals surface area contributed by atoms with E-state index in [1.807, 2.05) is 24.3 Å². The first-order valence-corrected chi connectivity index (χ1v) is 23.9. The van der Waals surface area contributed by atoms with Crippen LogP contribution in [-0.2, 0) is 10.8 Å². The normalized spacial score (nSPS) is 17.8. The predicted molar refractivity (Wildman–Crippen MR) is 248 cm³/mol. The molecule has 4 aliphatic heterocycles. The number of ether oxygens (including phenoxy) is 2. The summed E-state index contributed by atoms with van der Waals surface area (Å²) in [4.78, 5) is 5.24. The lowest BCUT2D eigenvalue weighted by molar-refractivity contribution is 0.332. The fraction of sp³-hybridized carbons (Fsp3) is 0.231. The minimum atomic E-state index is -2.11. The third-order valence-corrected chi connectivity index (χ3v) is 17.6. The van der Waals surface area contributed by atoms with Crippen molar-refractivity contribution in [3.8, 4) is 34.1 Å². The lowest BCUT2D eigenvalue weighted by Crippen LogP contribution is -2.68. The smallest absolute Gasteiger partial charge is 0.333 e. The van der Waals surface area contributed by atoms with Gasteiger partial charge in [0.2, 0.25) is 0 Å². The highest BCUT2D eigenvalue weighted by Crippen LogP contribution is 2.55. The Morgan fingerprint density at radius 2 is 1.36 bits per heavy atom. The van der Waals surface area contributed by atoms with Crippen LogP contribution in [0.4, 0.5) is 28.4 Å². The van der Waals surface area contributed by atoms with E-state index in [4.69, 9.17) is 9.47 Å². The number of benzene rings is 6. The Hall–Kier alpha value is -5.72. The molecule has 0 spiro atoms. The Bertz CT molecular complexity index is 2850. The van der Waals surface area contributed by atoms with Gasteiger partial charge >= 0.3 is 6.85 Å². The van der Waals surface area contributed by atoms with E-state index in [9.17, 15) is 0 Å². The molecule has 0 fully saturated rings. The molecule has 0 radical (unpaired) electrons. The summed E-state index contributed by atoms with van der Waals surface area (Å²) in [5.74, 6) is 2.93. The largest absolute Gasteiger partial charge is 0.450 e. The van der Waals surface area contributed by atoms with Crippen LogP contribution in [0.15, 0.2) is 110 Å². The molecule has 11 rings (SSSR count). The van der Waals surface area contributed by atoms with Crippen LogP contribution >= 0.6 is 0 Å². The van der Waals surface area contributed by atoms with Gasteiger partial charge in [-0.1, -0.05) is 120 Å². The summed E-state index contributed by atoms with van der Waals surface area (Å²) >= 11 is 0. The van der Waals surface area contributed by atoms with E-state index >= 15 is 0 Å². The number of para-hydroxylation sites is 4. The van der Waals surface area contributed by atoms with E-state index in [-0.39, 0.29) is 17.7 Å². The molecule has 4 heterocycles. The van der Waals surface area contributed by atoms with Crippen molar-refractivity contribution in [1.29, 1.82) is 0 Å². The first kappa shape index (κ1) is 35.4. The van der Waals surface area contributed by atoms with E-state index in [1.54, 1.807) is 0 Å². The first-order valence-electron chi connectivity index (χ1n) is 20.9. The molecule has 4 nitrogen and oxygen atoms in total. The molecule has 0 N–H and O–H groups in total. The fourth-order valence-corrected chi connectivity index (χ4v) is 14.0. The Morgan fingerprint density at radius 1 is 0.707 bits per heavy atom. The van der Waals surface area contributed by atoms with Crippen molar-refractivity contribution in [3.63, 3.8) is 0 Å². The van der Waals surface area contributed by atoms with Crippen molar-refractivity contribution in [2.45, 2.75) is 78.3 Å². The van der Waals surface area contributed by atoms with Crippen molar-refractivity contribution >= 4 is 76.8 Å². The van der Waals surface area contributed by atoms with Crippen molar-refractivity contribution < 1.29 is 9.47 Å². The molecule has 1 aliphatic carbocycles. The zero-order chi connectivity index (χ0) is 40.0. The van der Waals surface area contributed by atoms with Gasteiger partial charge in [-0.3, -0.25) is 0 Å². The summed E-state index contributed by atoms with van der Waals surface area (Å²) in [6.45, 7) is 23.5. The van der Waals surface area contributed by atoms with Crippen molar-refractivity contribution in [2.75, 3.05) is 9.71 Å². The summed E-state index contributed by atoms with van der Waals surface area (Å²) < 4.78 is 13.5. The number of fused-ring (bicyclic) bond motifs is 9. The van der Waals surface area contributed by atoms with Gasteiger partial charge in [0.15, 0.2) is 23.0 Å². The zero-order valence-electron chi connectivity index (χ0n) is 34.9. The Kier molecular flexibility index (Phi) is 7.29. The van der Waals surface area contributed by atoms with Crippen molar-refractivity contribution in [3.05, 3.63) is 138 Å². The number of aryl methyl sites for hydroxylation is 1. The maximum absolute atomic E-state index is 6.76. The third-order valence-electron chi connectivity index (χ3n) is 14.1. The van der Waals surface area contributed by atoms with Crippen LogP contribution in [0, 0.1) is 6.92 Å². The highest BCUT2D eigenvalue weighted by atomic mass is 28.3. The van der Waals surface area contributed by atoms with Crippen LogP contribution in [0.25, 0.3) is 23.3 Å². The van der Waals surface area contributed by atoms with Crippen LogP contribution in [0.1, 0.15) is 75.3 Å². The van der Waals surface area contributed by atoms with Gasteiger partial charge in [-0.15, -0.1) is 0 Å². The highest BCUT2D eigenvalue weighted by molar-refractivity contribution is 7.05. The monoisotopic (exact) mass is 772 g/mol. The second-order valence-corrected chi connectivity index (χ2v) is 23.1. The number of hydrogen-bond acceptors (Lipinski definition) is 4. The van der Waals surface area contributed by atoms with Crippen molar-refractivity contribution in [1.82, 2.24) is 0 Å².